The average molecular weight is 349 g/mol. The summed E-state index contributed by atoms with van der Waals surface area (Å²) in [6.45, 7) is 2.58. The molecule has 8 heteroatoms. The second-order valence-corrected chi connectivity index (χ2v) is 5.70. The summed E-state index contributed by atoms with van der Waals surface area (Å²) in [6.07, 6.45) is 1.64. The Morgan fingerprint density at radius 2 is 2.08 bits per heavy atom. The number of fused-ring (bicyclic) bond motifs is 2. The number of ether oxygens (including phenoxy) is 1. The van der Waals surface area contributed by atoms with E-state index in [9.17, 15) is 9.59 Å². The average Bonchev–Trinajstić information content (AvgIpc) is 3.08. The van der Waals surface area contributed by atoms with Gasteiger partial charge in [-0.2, -0.15) is 0 Å². The molecule has 3 aromatic heterocycles. The van der Waals surface area contributed by atoms with Gasteiger partial charge in [-0.25, -0.2) is 14.5 Å². The van der Waals surface area contributed by atoms with E-state index < -0.39 is 5.97 Å². The maximum absolute atomic E-state index is 12.3. The maximum Gasteiger partial charge on any atom is 0.338 e. The Kier molecular flexibility index (Phi) is 3.92. The van der Waals surface area contributed by atoms with Crippen LogP contribution in [-0.2, 0) is 17.9 Å². The summed E-state index contributed by atoms with van der Waals surface area (Å²) in [5.41, 5.74) is 2.53. The van der Waals surface area contributed by atoms with Crippen LogP contribution in [0.15, 0.2) is 53.5 Å². The lowest BCUT2D eigenvalue weighted by atomic mass is 10.2. The number of hydrogen-bond donors (Lipinski definition) is 0. The highest BCUT2D eigenvalue weighted by Crippen LogP contribution is 2.14. The lowest BCUT2D eigenvalue weighted by Crippen LogP contribution is -2.16. The van der Waals surface area contributed by atoms with Crippen LogP contribution in [-0.4, -0.2) is 30.3 Å². The molecule has 3 heterocycles. The zero-order chi connectivity index (χ0) is 18.1. The number of rotatable bonds is 4. The number of esters is 1. The largest absolute Gasteiger partial charge is 0.456 e. The highest BCUT2D eigenvalue weighted by Gasteiger charge is 2.12. The van der Waals surface area contributed by atoms with Gasteiger partial charge in [-0.3, -0.25) is 9.20 Å². The molecule has 26 heavy (non-hydrogen) atoms. The normalized spacial score (nSPS) is 11.1. The van der Waals surface area contributed by atoms with Crippen molar-refractivity contribution < 1.29 is 9.53 Å². The van der Waals surface area contributed by atoms with Crippen LogP contribution >= 0.6 is 0 Å². The van der Waals surface area contributed by atoms with Gasteiger partial charge in [0, 0.05) is 18.8 Å². The maximum atomic E-state index is 12.3. The summed E-state index contributed by atoms with van der Waals surface area (Å²) in [7, 11) is 0. The molecule has 4 aromatic rings. The van der Waals surface area contributed by atoms with E-state index in [1.807, 2.05) is 6.92 Å². The molecule has 0 fully saturated rings. The minimum absolute atomic E-state index is 0.0842. The molecule has 0 aliphatic rings. The standard InChI is InChI=1S/C18H15N5O3/c1-2-23-15-7-6-12(9-14(15)20-21-23)18(25)26-11-13-10-17(24)22-8-4-3-5-16(22)19-13/h3-10H,2,11H2,1H3. The van der Waals surface area contributed by atoms with Gasteiger partial charge in [0.1, 0.15) is 17.8 Å². The number of pyridine rings is 1. The minimum Gasteiger partial charge on any atom is -0.456 e. The summed E-state index contributed by atoms with van der Waals surface area (Å²) in [5.74, 6) is -0.506. The van der Waals surface area contributed by atoms with Crippen LogP contribution in [0.3, 0.4) is 0 Å². The molecule has 1 aromatic carbocycles. The second-order valence-electron chi connectivity index (χ2n) is 5.70. The van der Waals surface area contributed by atoms with Crippen LogP contribution in [0.25, 0.3) is 16.7 Å². The van der Waals surface area contributed by atoms with E-state index in [1.54, 1.807) is 47.3 Å². The molecular formula is C18H15N5O3. The van der Waals surface area contributed by atoms with Crippen molar-refractivity contribution in [2.75, 3.05) is 0 Å². The highest BCUT2D eigenvalue weighted by atomic mass is 16.5. The van der Waals surface area contributed by atoms with Gasteiger partial charge < -0.3 is 4.74 Å². The lowest BCUT2D eigenvalue weighted by Gasteiger charge is -2.06. The van der Waals surface area contributed by atoms with Gasteiger partial charge in [0.05, 0.1) is 16.8 Å². The first-order valence-electron chi connectivity index (χ1n) is 8.13. The predicted molar refractivity (Wildman–Crippen MR) is 93.8 cm³/mol. The van der Waals surface area contributed by atoms with Gasteiger partial charge in [0.25, 0.3) is 5.56 Å². The number of nitrogens with zero attached hydrogens (tertiary/aromatic N) is 5. The van der Waals surface area contributed by atoms with Crippen molar-refractivity contribution >= 4 is 22.6 Å². The van der Waals surface area contributed by atoms with Crippen LogP contribution < -0.4 is 5.56 Å². The Hall–Kier alpha value is -3.55. The monoisotopic (exact) mass is 349 g/mol. The summed E-state index contributed by atoms with van der Waals surface area (Å²) >= 11 is 0. The number of aryl methyl sites for hydroxylation is 1. The summed E-state index contributed by atoms with van der Waals surface area (Å²) < 4.78 is 8.47. The smallest absolute Gasteiger partial charge is 0.338 e. The van der Waals surface area contributed by atoms with Gasteiger partial charge in [0.15, 0.2) is 0 Å². The van der Waals surface area contributed by atoms with Crippen LogP contribution in [0.4, 0.5) is 0 Å². The number of carbonyl (C=O) groups is 1. The van der Waals surface area contributed by atoms with Crippen molar-refractivity contribution in [1.29, 1.82) is 0 Å². The molecule has 8 nitrogen and oxygen atoms in total. The third-order valence-corrected chi connectivity index (χ3v) is 4.02. The first-order valence-corrected chi connectivity index (χ1v) is 8.13. The van der Waals surface area contributed by atoms with Crippen molar-refractivity contribution in [2.45, 2.75) is 20.1 Å². The van der Waals surface area contributed by atoms with Crippen molar-refractivity contribution in [1.82, 2.24) is 24.4 Å². The topological polar surface area (TPSA) is 91.4 Å². The first-order chi connectivity index (χ1) is 12.7. The molecule has 0 unspecified atom stereocenters. The summed E-state index contributed by atoms with van der Waals surface area (Å²) in [6, 6.07) is 11.7. The SMILES string of the molecule is CCn1nnc2cc(C(=O)OCc3cc(=O)n4ccccc4n3)ccc21. The quantitative estimate of drug-likeness (QED) is 0.522. The van der Waals surface area contributed by atoms with E-state index in [4.69, 9.17) is 4.74 Å². The van der Waals surface area contributed by atoms with E-state index in [0.29, 0.717) is 29.0 Å². The van der Waals surface area contributed by atoms with Crippen LogP contribution in [0.5, 0.6) is 0 Å². The third-order valence-electron chi connectivity index (χ3n) is 4.02. The summed E-state index contributed by atoms with van der Waals surface area (Å²) in [4.78, 5) is 28.7. The zero-order valence-electron chi connectivity index (χ0n) is 14.0. The highest BCUT2D eigenvalue weighted by molar-refractivity contribution is 5.93. The van der Waals surface area contributed by atoms with E-state index in [0.717, 1.165) is 5.52 Å². The molecule has 0 atom stereocenters. The fourth-order valence-corrected chi connectivity index (χ4v) is 2.73. The number of hydrogen-bond acceptors (Lipinski definition) is 6. The molecule has 0 aliphatic heterocycles. The van der Waals surface area contributed by atoms with Crippen LogP contribution in [0.1, 0.15) is 23.0 Å². The number of benzene rings is 1. The van der Waals surface area contributed by atoms with Gasteiger partial charge >= 0.3 is 5.97 Å². The zero-order valence-corrected chi connectivity index (χ0v) is 14.0. The molecule has 0 radical (unpaired) electrons. The van der Waals surface area contributed by atoms with Crippen molar-refractivity contribution in [3.8, 4) is 0 Å². The van der Waals surface area contributed by atoms with Gasteiger partial charge in [-0.1, -0.05) is 11.3 Å². The molecule has 4 rings (SSSR count). The first kappa shape index (κ1) is 15.9. The van der Waals surface area contributed by atoms with Crippen LogP contribution in [0.2, 0.25) is 0 Å². The van der Waals surface area contributed by atoms with E-state index >= 15 is 0 Å². The Morgan fingerprint density at radius 1 is 1.19 bits per heavy atom. The van der Waals surface area contributed by atoms with Crippen molar-refractivity contribution in [3.63, 3.8) is 0 Å². The Labute approximate surface area is 147 Å². The molecular weight excluding hydrogens is 334 g/mol. The minimum atomic E-state index is -0.506. The molecule has 0 spiro atoms. The van der Waals surface area contributed by atoms with E-state index in [2.05, 4.69) is 15.3 Å². The van der Waals surface area contributed by atoms with E-state index in [1.165, 1.54) is 10.5 Å². The molecule has 0 aliphatic carbocycles. The molecule has 130 valence electrons. The van der Waals surface area contributed by atoms with Crippen molar-refractivity contribution in [3.05, 3.63) is 70.3 Å². The number of carbonyl (C=O) groups excluding carboxylic acids is 1. The Bertz CT molecular complexity index is 1180. The molecule has 0 amide bonds. The van der Waals surface area contributed by atoms with Crippen LogP contribution in [0, 0.1) is 0 Å². The summed E-state index contributed by atoms with van der Waals surface area (Å²) in [5, 5.41) is 8.06. The van der Waals surface area contributed by atoms with Gasteiger partial charge in [-0.05, 0) is 37.3 Å². The Balaban J connectivity index is 1.54. The third kappa shape index (κ3) is 2.81. The number of aromatic nitrogens is 5. The fourth-order valence-electron chi connectivity index (χ4n) is 2.73. The lowest BCUT2D eigenvalue weighted by molar-refractivity contribution is 0.0468. The predicted octanol–water partition coefficient (Wildman–Crippen LogP) is 1.82. The van der Waals surface area contributed by atoms with Gasteiger partial charge in [0.2, 0.25) is 0 Å². The molecule has 0 bridgehead atoms. The molecule has 0 saturated heterocycles. The molecule has 0 saturated carbocycles. The van der Waals surface area contributed by atoms with E-state index in [-0.39, 0.29) is 12.2 Å². The fraction of sp³-hybridized carbons (Fsp3) is 0.167. The Morgan fingerprint density at radius 3 is 2.92 bits per heavy atom. The van der Waals surface area contributed by atoms with Crippen molar-refractivity contribution in [2.24, 2.45) is 0 Å². The second kappa shape index (κ2) is 6.40. The molecule has 0 N–H and O–H groups in total. The van der Waals surface area contributed by atoms with Gasteiger partial charge in [-0.15, -0.1) is 5.10 Å².